The maximum Gasteiger partial charge on any atom is 0.490 e. The van der Waals surface area contributed by atoms with Crippen molar-refractivity contribution in [1.29, 1.82) is 0 Å². The number of anilines is 3. The van der Waals surface area contributed by atoms with Gasteiger partial charge in [0.25, 0.3) is 0 Å². The molecule has 0 saturated carbocycles. The quantitative estimate of drug-likeness (QED) is 0.123. The van der Waals surface area contributed by atoms with Crippen LogP contribution in [-0.4, -0.2) is 47.3 Å². The number of alkyl halides is 3. The van der Waals surface area contributed by atoms with Gasteiger partial charge in [0.1, 0.15) is 11.9 Å². The van der Waals surface area contributed by atoms with Crippen molar-refractivity contribution in [2.75, 3.05) is 23.0 Å². The molecule has 0 aliphatic carbocycles. The number of carboxylic acids is 1. The zero-order valence-corrected chi connectivity index (χ0v) is 25.2. The summed E-state index contributed by atoms with van der Waals surface area (Å²) in [7, 11) is 0. The first-order valence-corrected chi connectivity index (χ1v) is 14.0. The standard InChI is InChI=1S/C30H33N5O4.C2HF3O2/c1-4-38-27-16-22(8-11-26(27)39-19(2)3)28(30(37)33-17-20-6-5-7-23(14-20)34-18-36)35-24-9-10-25-21(15-24)12-13-32-29(25)31;3-2(4,5)1(6)7/h5-16,18-19,28,35H,4,17H2,1-3H3,(H2,31,32)(H,33,37)(H,34,36);(H,6,7). The molecule has 4 aromatic rings. The van der Waals surface area contributed by atoms with E-state index in [0.717, 1.165) is 22.0 Å². The van der Waals surface area contributed by atoms with Gasteiger partial charge in [0.2, 0.25) is 12.3 Å². The second-order valence-corrected chi connectivity index (χ2v) is 10.00. The number of aliphatic carboxylic acids is 1. The number of rotatable bonds is 12. The fraction of sp³-hybridized carbons (Fsp3) is 0.250. The van der Waals surface area contributed by atoms with Crippen LogP contribution in [0.5, 0.6) is 11.5 Å². The Hall–Kier alpha value is -5.53. The Kier molecular flexibility index (Phi) is 12.1. The van der Waals surface area contributed by atoms with Gasteiger partial charge >= 0.3 is 12.1 Å². The molecular weight excluding hydrogens is 607 g/mol. The number of carbonyl (C=O) groups excluding carboxylic acids is 2. The average molecular weight is 642 g/mol. The van der Waals surface area contributed by atoms with E-state index in [-0.39, 0.29) is 18.6 Å². The largest absolute Gasteiger partial charge is 0.490 e. The maximum absolute atomic E-state index is 13.6. The summed E-state index contributed by atoms with van der Waals surface area (Å²) in [6.45, 7) is 6.52. The van der Waals surface area contributed by atoms with E-state index in [1.807, 2.05) is 81.4 Å². The number of pyridine rings is 1. The fourth-order valence-corrected chi connectivity index (χ4v) is 4.21. The molecule has 0 fully saturated rings. The minimum absolute atomic E-state index is 0.0312. The number of fused-ring (bicyclic) bond motifs is 1. The lowest BCUT2D eigenvalue weighted by Gasteiger charge is -2.22. The molecule has 46 heavy (non-hydrogen) atoms. The van der Waals surface area contributed by atoms with Gasteiger partial charge in [-0.2, -0.15) is 13.2 Å². The van der Waals surface area contributed by atoms with Gasteiger partial charge in [-0.15, -0.1) is 0 Å². The molecule has 6 N–H and O–H groups in total. The van der Waals surface area contributed by atoms with Crippen LogP contribution in [0.4, 0.5) is 30.4 Å². The zero-order chi connectivity index (χ0) is 33.9. The van der Waals surface area contributed by atoms with Crippen molar-refractivity contribution in [3.8, 4) is 11.5 Å². The normalized spacial score (nSPS) is 11.5. The third-order valence-electron chi connectivity index (χ3n) is 6.19. The highest BCUT2D eigenvalue weighted by atomic mass is 19.4. The van der Waals surface area contributed by atoms with E-state index >= 15 is 0 Å². The number of carbonyl (C=O) groups is 3. The van der Waals surface area contributed by atoms with E-state index < -0.39 is 18.2 Å². The van der Waals surface area contributed by atoms with Gasteiger partial charge < -0.3 is 36.3 Å². The lowest BCUT2D eigenvalue weighted by atomic mass is 10.0. The van der Waals surface area contributed by atoms with E-state index in [1.54, 1.807) is 12.3 Å². The van der Waals surface area contributed by atoms with E-state index in [2.05, 4.69) is 20.9 Å². The molecule has 244 valence electrons. The lowest BCUT2D eigenvalue weighted by molar-refractivity contribution is -0.192. The number of nitrogens with two attached hydrogens (primary N) is 1. The van der Waals surface area contributed by atoms with Crippen molar-refractivity contribution < 1.29 is 42.1 Å². The minimum Gasteiger partial charge on any atom is -0.490 e. The summed E-state index contributed by atoms with van der Waals surface area (Å²) in [5, 5.41) is 17.9. The average Bonchev–Trinajstić information content (AvgIpc) is 3.00. The van der Waals surface area contributed by atoms with Crippen molar-refractivity contribution >= 4 is 46.3 Å². The molecule has 1 aromatic heterocycles. The third-order valence-corrected chi connectivity index (χ3v) is 6.19. The molecule has 0 bridgehead atoms. The van der Waals surface area contributed by atoms with E-state index in [1.165, 1.54) is 0 Å². The summed E-state index contributed by atoms with van der Waals surface area (Å²) in [4.78, 5) is 37.5. The number of ether oxygens (including phenoxy) is 2. The van der Waals surface area contributed by atoms with Gasteiger partial charge in [-0.3, -0.25) is 9.59 Å². The molecule has 0 saturated heterocycles. The molecule has 2 amide bonds. The smallest absolute Gasteiger partial charge is 0.490 e. The van der Waals surface area contributed by atoms with Gasteiger partial charge in [-0.1, -0.05) is 18.2 Å². The number of benzene rings is 3. The predicted octanol–water partition coefficient (Wildman–Crippen LogP) is 5.67. The van der Waals surface area contributed by atoms with Gasteiger partial charge in [-0.25, -0.2) is 9.78 Å². The molecule has 1 heterocycles. The molecule has 0 spiro atoms. The number of aromatic nitrogens is 1. The summed E-state index contributed by atoms with van der Waals surface area (Å²) in [5.41, 5.74) is 8.96. The number of nitrogen functional groups attached to an aromatic ring is 1. The van der Waals surface area contributed by atoms with Crippen LogP contribution in [0.2, 0.25) is 0 Å². The highest BCUT2D eigenvalue weighted by Crippen LogP contribution is 2.33. The highest BCUT2D eigenvalue weighted by molar-refractivity contribution is 5.94. The van der Waals surface area contributed by atoms with Crippen LogP contribution in [0.25, 0.3) is 10.8 Å². The Morgan fingerprint density at radius 2 is 1.76 bits per heavy atom. The van der Waals surface area contributed by atoms with Gasteiger partial charge in [0.05, 0.1) is 12.7 Å². The van der Waals surface area contributed by atoms with Gasteiger partial charge in [0.15, 0.2) is 11.5 Å². The number of hydrogen-bond donors (Lipinski definition) is 5. The molecule has 0 aliphatic rings. The molecule has 3 aromatic carbocycles. The van der Waals surface area contributed by atoms with Gasteiger partial charge in [-0.05, 0) is 85.8 Å². The number of nitrogens with zero attached hydrogens (tertiary/aromatic N) is 1. The lowest BCUT2D eigenvalue weighted by Crippen LogP contribution is -2.33. The van der Waals surface area contributed by atoms with E-state index in [4.69, 9.17) is 25.1 Å². The van der Waals surface area contributed by atoms with Crippen molar-refractivity contribution in [2.45, 2.75) is 45.6 Å². The van der Waals surface area contributed by atoms with E-state index in [9.17, 15) is 22.8 Å². The molecule has 1 unspecified atom stereocenters. The van der Waals surface area contributed by atoms with Crippen molar-refractivity contribution in [3.63, 3.8) is 0 Å². The number of nitrogens with one attached hydrogen (secondary N) is 3. The Bertz CT molecular complexity index is 1670. The number of carboxylic acid groups (broad SMARTS) is 1. The zero-order valence-electron chi connectivity index (χ0n) is 25.2. The Balaban J connectivity index is 0.000000738. The Morgan fingerprint density at radius 3 is 2.41 bits per heavy atom. The third kappa shape index (κ3) is 10.0. The van der Waals surface area contributed by atoms with Crippen LogP contribution in [0.3, 0.4) is 0 Å². The first kappa shape index (κ1) is 35.0. The molecular formula is C32H34F3N5O6. The number of halogens is 3. The molecule has 1 atom stereocenters. The van der Waals surface area contributed by atoms with Crippen molar-refractivity contribution in [1.82, 2.24) is 10.3 Å². The van der Waals surface area contributed by atoms with Crippen LogP contribution < -0.4 is 31.2 Å². The van der Waals surface area contributed by atoms with Crippen molar-refractivity contribution in [2.24, 2.45) is 0 Å². The van der Waals surface area contributed by atoms with Crippen LogP contribution >= 0.6 is 0 Å². The monoisotopic (exact) mass is 641 g/mol. The number of amides is 2. The maximum atomic E-state index is 13.6. The van der Waals surface area contributed by atoms with E-state index in [0.29, 0.717) is 41.6 Å². The first-order chi connectivity index (χ1) is 21.8. The first-order valence-electron chi connectivity index (χ1n) is 14.0. The second-order valence-electron chi connectivity index (χ2n) is 10.00. The Labute approximate surface area is 262 Å². The summed E-state index contributed by atoms with van der Waals surface area (Å²) < 4.78 is 43.5. The fourth-order valence-electron chi connectivity index (χ4n) is 4.21. The minimum atomic E-state index is -5.08. The summed E-state index contributed by atoms with van der Waals surface area (Å²) >= 11 is 0. The SMILES string of the molecule is CCOc1cc(C(Nc2ccc3c(N)nccc3c2)C(=O)NCc2cccc(NC=O)c2)ccc1OC(C)C.O=C(O)C(F)(F)F. The molecule has 0 aliphatic heterocycles. The van der Waals surface area contributed by atoms with Crippen molar-refractivity contribution in [3.05, 3.63) is 84.1 Å². The highest BCUT2D eigenvalue weighted by Gasteiger charge is 2.38. The molecule has 4 rings (SSSR count). The summed E-state index contributed by atoms with van der Waals surface area (Å²) in [6.07, 6.45) is -2.84. The van der Waals surface area contributed by atoms with Crippen LogP contribution in [0, 0.1) is 0 Å². The topological polar surface area (TPSA) is 165 Å². The number of hydrogen-bond acceptors (Lipinski definition) is 8. The van der Waals surface area contributed by atoms with Crippen LogP contribution in [0.15, 0.2) is 72.9 Å². The summed E-state index contributed by atoms with van der Waals surface area (Å²) in [5.74, 6) is -1.37. The molecule has 11 nitrogen and oxygen atoms in total. The van der Waals surface area contributed by atoms with Crippen LogP contribution in [0.1, 0.15) is 37.9 Å². The van der Waals surface area contributed by atoms with Gasteiger partial charge in [0, 0.05) is 29.5 Å². The Morgan fingerprint density at radius 1 is 1.02 bits per heavy atom. The predicted molar refractivity (Wildman–Crippen MR) is 168 cm³/mol. The summed E-state index contributed by atoms with van der Waals surface area (Å²) in [6, 6.07) is 19.6. The van der Waals surface area contributed by atoms with Crippen LogP contribution in [-0.2, 0) is 20.9 Å². The second kappa shape index (κ2) is 16.0. The molecule has 14 heteroatoms. The molecule has 0 radical (unpaired) electrons.